The summed E-state index contributed by atoms with van der Waals surface area (Å²) in [6.45, 7) is 4.13. The van der Waals surface area contributed by atoms with Gasteiger partial charge in [0.15, 0.2) is 0 Å². The molecule has 4 amide bonds. The minimum absolute atomic E-state index is 0.240. The molecule has 0 bridgehead atoms. The summed E-state index contributed by atoms with van der Waals surface area (Å²) >= 11 is 0. The maximum atomic E-state index is 13.3. The zero-order chi connectivity index (χ0) is 24.8. The fourth-order valence-corrected chi connectivity index (χ4v) is 4.14. The van der Waals surface area contributed by atoms with Gasteiger partial charge in [-0.05, 0) is 61.1 Å². The fourth-order valence-electron chi connectivity index (χ4n) is 4.14. The minimum Gasteiger partial charge on any atom is -0.507 e. The number of aromatic hydroxyl groups is 1. The molecular weight excluding hydrogens is 432 g/mol. The van der Waals surface area contributed by atoms with Crippen molar-refractivity contribution in [3.05, 3.63) is 59.2 Å². The van der Waals surface area contributed by atoms with Crippen LogP contribution < -0.4 is 16.0 Å². The number of anilines is 1. The summed E-state index contributed by atoms with van der Waals surface area (Å²) in [4.78, 5) is 41.2. The summed E-state index contributed by atoms with van der Waals surface area (Å²) in [5.41, 5.74) is 8.68. The third-order valence-corrected chi connectivity index (χ3v) is 6.18. The molecular formula is C26H34N4O4. The monoisotopic (exact) mass is 466 g/mol. The lowest BCUT2D eigenvalue weighted by Crippen LogP contribution is -2.71. The van der Waals surface area contributed by atoms with Crippen molar-refractivity contribution in [3.8, 4) is 5.75 Å². The summed E-state index contributed by atoms with van der Waals surface area (Å²) in [7, 11) is 1.37. The molecule has 4 N–H and O–H groups in total. The van der Waals surface area contributed by atoms with E-state index in [-0.39, 0.29) is 5.75 Å². The first-order valence-electron chi connectivity index (χ1n) is 11.9. The number of unbranched alkanes of at least 4 members (excludes halogenated alkanes) is 2. The summed E-state index contributed by atoms with van der Waals surface area (Å²) < 4.78 is 0. The van der Waals surface area contributed by atoms with E-state index >= 15 is 0 Å². The fraction of sp³-hybridized carbons (Fsp3) is 0.423. The molecule has 8 heteroatoms. The Morgan fingerprint density at radius 2 is 1.59 bits per heavy atom. The molecule has 1 fully saturated rings. The van der Waals surface area contributed by atoms with Gasteiger partial charge in [-0.1, -0.05) is 44.9 Å². The quantitative estimate of drug-likeness (QED) is 0.523. The number of urea groups is 1. The van der Waals surface area contributed by atoms with Gasteiger partial charge in [-0.15, -0.1) is 0 Å². The van der Waals surface area contributed by atoms with Gasteiger partial charge in [0.1, 0.15) is 18.0 Å². The van der Waals surface area contributed by atoms with E-state index in [0.717, 1.165) is 41.7 Å². The normalized spacial score (nSPS) is 18.4. The Kier molecular flexibility index (Phi) is 8.28. The number of amides is 4. The van der Waals surface area contributed by atoms with E-state index in [1.54, 1.807) is 36.4 Å². The lowest BCUT2D eigenvalue weighted by Gasteiger charge is -2.41. The molecule has 2 aromatic rings. The van der Waals surface area contributed by atoms with Crippen LogP contribution in [0.2, 0.25) is 0 Å². The lowest BCUT2D eigenvalue weighted by molar-refractivity contribution is -0.130. The maximum absolute atomic E-state index is 13.3. The van der Waals surface area contributed by atoms with Crippen LogP contribution in [-0.2, 0) is 17.6 Å². The number of aryl methyl sites for hydroxylation is 2. The third-order valence-electron chi connectivity index (χ3n) is 6.18. The van der Waals surface area contributed by atoms with Crippen molar-refractivity contribution in [2.75, 3.05) is 11.9 Å². The van der Waals surface area contributed by atoms with Crippen molar-refractivity contribution in [2.24, 2.45) is 5.73 Å². The van der Waals surface area contributed by atoms with Crippen molar-refractivity contribution in [1.29, 1.82) is 0 Å². The number of nitrogens with zero attached hydrogens (tertiary/aromatic N) is 2. The third kappa shape index (κ3) is 5.22. The zero-order valence-electron chi connectivity index (χ0n) is 20.1. The van der Waals surface area contributed by atoms with Crippen LogP contribution in [-0.4, -0.2) is 47.1 Å². The molecule has 8 nitrogen and oxygen atoms in total. The van der Waals surface area contributed by atoms with Crippen LogP contribution in [0.15, 0.2) is 42.5 Å². The number of hydrogen-bond donors (Lipinski definition) is 3. The van der Waals surface area contributed by atoms with Crippen LogP contribution in [0.3, 0.4) is 0 Å². The molecule has 1 aliphatic rings. The zero-order valence-corrected chi connectivity index (χ0v) is 20.1. The summed E-state index contributed by atoms with van der Waals surface area (Å²) in [5.74, 6) is -0.807. The van der Waals surface area contributed by atoms with Crippen molar-refractivity contribution in [3.63, 3.8) is 0 Å². The molecule has 2 unspecified atom stereocenters. The van der Waals surface area contributed by atoms with E-state index in [4.69, 9.17) is 5.73 Å². The smallest absolute Gasteiger partial charge is 0.332 e. The predicted molar refractivity (Wildman–Crippen MR) is 132 cm³/mol. The van der Waals surface area contributed by atoms with Gasteiger partial charge in [-0.25, -0.2) is 4.79 Å². The molecule has 34 heavy (non-hydrogen) atoms. The SMILES string of the molecule is CCCCc1cc(C(=O)NC2C(=O)N(C)C(=O)N(c3ccccc3)C2N)cc(CCCC)c1O. The summed E-state index contributed by atoms with van der Waals surface area (Å²) in [5, 5.41) is 13.5. The molecule has 2 atom stereocenters. The highest BCUT2D eigenvalue weighted by Gasteiger charge is 2.44. The summed E-state index contributed by atoms with van der Waals surface area (Å²) in [6.07, 6.45) is 3.93. The number of nitrogens with one attached hydrogen (secondary N) is 1. The van der Waals surface area contributed by atoms with E-state index in [9.17, 15) is 19.5 Å². The number of hydrogen-bond acceptors (Lipinski definition) is 5. The van der Waals surface area contributed by atoms with Gasteiger partial charge in [-0.2, -0.15) is 0 Å². The van der Waals surface area contributed by atoms with E-state index in [2.05, 4.69) is 19.2 Å². The van der Waals surface area contributed by atoms with Crippen molar-refractivity contribution >= 4 is 23.5 Å². The predicted octanol–water partition coefficient (Wildman–Crippen LogP) is 3.56. The Hall–Kier alpha value is -3.39. The Labute approximate surface area is 200 Å². The molecule has 1 heterocycles. The number of phenols is 1. The molecule has 3 rings (SSSR count). The van der Waals surface area contributed by atoms with E-state index in [1.165, 1.54) is 11.9 Å². The number of imide groups is 1. The van der Waals surface area contributed by atoms with Crippen molar-refractivity contribution in [1.82, 2.24) is 10.2 Å². The number of para-hydroxylation sites is 1. The molecule has 182 valence electrons. The van der Waals surface area contributed by atoms with E-state index in [0.29, 0.717) is 24.1 Å². The van der Waals surface area contributed by atoms with E-state index in [1.807, 2.05) is 6.07 Å². The number of carbonyl (C=O) groups is 3. The molecule has 0 aromatic heterocycles. The second-order valence-corrected chi connectivity index (χ2v) is 8.68. The Morgan fingerprint density at radius 1 is 1.03 bits per heavy atom. The topological polar surface area (TPSA) is 116 Å². The lowest BCUT2D eigenvalue weighted by atomic mass is 9.96. The van der Waals surface area contributed by atoms with Crippen LogP contribution >= 0.6 is 0 Å². The van der Waals surface area contributed by atoms with Crippen LogP contribution in [0.1, 0.15) is 61.0 Å². The van der Waals surface area contributed by atoms with Gasteiger partial charge < -0.3 is 16.2 Å². The Morgan fingerprint density at radius 3 is 2.12 bits per heavy atom. The largest absolute Gasteiger partial charge is 0.507 e. The first-order chi connectivity index (χ1) is 16.3. The highest BCUT2D eigenvalue weighted by Crippen LogP contribution is 2.28. The minimum atomic E-state index is -1.12. The standard InChI is InChI=1S/C26H34N4O4/c1-4-6-11-17-15-19(16-18(22(17)31)12-7-5-2)24(32)28-21-23(27)30(20-13-9-8-10-14-20)26(34)29(3)25(21)33/h8-10,13-16,21,23,31H,4-7,11-12,27H2,1-3H3,(H,28,32). The molecule has 1 saturated heterocycles. The molecule has 0 radical (unpaired) electrons. The summed E-state index contributed by atoms with van der Waals surface area (Å²) in [6, 6.07) is 10.5. The van der Waals surface area contributed by atoms with Gasteiger partial charge >= 0.3 is 6.03 Å². The molecule has 0 spiro atoms. The Balaban J connectivity index is 1.91. The number of rotatable bonds is 9. The molecule has 0 aliphatic carbocycles. The van der Waals surface area contributed by atoms with Gasteiger partial charge in [0.25, 0.3) is 11.8 Å². The average molecular weight is 467 g/mol. The van der Waals surface area contributed by atoms with Gasteiger partial charge in [0.2, 0.25) is 0 Å². The van der Waals surface area contributed by atoms with Crippen molar-refractivity contribution < 1.29 is 19.5 Å². The average Bonchev–Trinajstić information content (AvgIpc) is 2.84. The number of likely N-dealkylation sites (N-methyl/N-ethyl adjacent to an activating group) is 1. The number of phenolic OH excluding ortho intramolecular Hbond substituents is 1. The first kappa shape index (κ1) is 25.2. The molecule has 2 aromatic carbocycles. The maximum Gasteiger partial charge on any atom is 0.332 e. The molecule has 1 aliphatic heterocycles. The van der Waals surface area contributed by atoms with Gasteiger partial charge in [0.05, 0.1) is 0 Å². The second-order valence-electron chi connectivity index (χ2n) is 8.68. The number of carbonyl (C=O) groups excluding carboxylic acids is 3. The van der Waals surface area contributed by atoms with Crippen LogP contribution in [0.4, 0.5) is 10.5 Å². The van der Waals surface area contributed by atoms with Gasteiger partial charge in [0, 0.05) is 18.3 Å². The highest BCUT2D eigenvalue weighted by atomic mass is 16.3. The highest BCUT2D eigenvalue weighted by molar-refractivity contribution is 6.10. The Bertz CT molecular complexity index is 1010. The number of benzene rings is 2. The van der Waals surface area contributed by atoms with E-state index < -0.39 is 30.1 Å². The van der Waals surface area contributed by atoms with Crippen LogP contribution in [0.5, 0.6) is 5.75 Å². The first-order valence-corrected chi connectivity index (χ1v) is 11.9. The van der Waals surface area contributed by atoms with Crippen molar-refractivity contribution in [2.45, 2.75) is 64.6 Å². The molecule has 0 saturated carbocycles. The van der Waals surface area contributed by atoms with Gasteiger partial charge in [-0.3, -0.25) is 19.4 Å². The number of nitrogens with two attached hydrogens (primary N) is 1. The van der Waals surface area contributed by atoms with Crippen LogP contribution in [0.25, 0.3) is 0 Å². The second kappa shape index (κ2) is 11.2. The van der Waals surface area contributed by atoms with Crippen LogP contribution in [0, 0.1) is 0 Å².